The maximum Gasteiger partial charge on any atom is 0.237 e. The minimum absolute atomic E-state index is 0.303. The number of nitrogens with zero attached hydrogens (tertiary/aromatic N) is 1. The number of hydrogen-bond acceptors (Lipinski definition) is 6. The molecule has 18 heavy (non-hydrogen) atoms. The minimum Gasteiger partial charge on any atom is -0.387 e. The van der Waals surface area contributed by atoms with Gasteiger partial charge in [0, 0.05) is 18.6 Å². The van der Waals surface area contributed by atoms with Crippen molar-refractivity contribution in [2.24, 2.45) is 0 Å². The first kappa shape index (κ1) is 13.7. The third kappa shape index (κ3) is 3.19. The maximum absolute atomic E-state index is 12.1. The fourth-order valence-electron chi connectivity index (χ4n) is 1.72. The van der Waals surface area contributed by atoms with Crippen molar-refractivity contribution < 1.29 is 18.3 Å². The highest BCUT2D eigenvalue weighted by atomic mass is 32.2. The van der Waals surface area contributed by atoms with E-state index in [1.165, 1.54) is 11.3 Å². The van der Waals surface area contributed by atoms with Crippen molar-refractivity contribution in [2.45, 2.75) is 31.1 Å². The summed E-state index contributed by atoms with van der Waals surface area (Å²) >= 11 is 1.18. The standard InChI is InChI=1S/C10H16N2O4S2/c1-7(13)9-6-17-10(11-9)12-18(14,15)8-2-4-16-5-3-8/h6-8,13H,2-5H2,1H3,(H,11,12). The average molecular weight is 292 g/mol. The lowest BCUT2D eigenvalue weighted by atomic mass is 10.2. The fraction of sp³-hybridized carbons (Fsp3) is 0.700. The van der Waals surface area contributed by atoms with Gasteiger partial charge in [-0.05, 0) is 19.8 Å². The highest BCUT2D eigenvalue weighted by Gasteiger charge is 2.28. The van der Waals surface area contributed by atoms with Gasteiger partial charge in [-0.3, -0.25) is 4.72 Å². The van der Waals surface area contributed by atoms with Gasteiger partial charge in [0.05, 0.1) is 17.0 Å². The van der Waals surface area contributed by atoms with Gasteiger partial charge in [0.2, 0.25) is 10.0 Å². The van der Waals surface area contributed by atoms with E-state index in [2.05, 4.69) is 9.71 Å². The van der Waals surface area contributed by atoms with Crippen LogP contribution in [0.3, 0.4) is 0 Å². The molecule has 1 unspecified atom stereocenters. The highest BCUT2D eigenvalue weighted by molar-refractivity contribution is 7.93. The van der Waals surface area contributed by atoms with Crippen molar-refractivity contribution in [3.05, 3.63) is 11.1 Å². The SMILES string of the molecule is CC(O)c1csc(NS(=O)(=O)C2CCOCC2)n1. The molecular weight excluding hydrogens is 276 g/mol. The number of nitrogens with one attached hydrogen (secondary N) is 1. The molecule has 0 saturated carbocycles. The van der Waals surface area contributed by atoms with Gasteiger partial charge in [-0.2, -0.15) is 0 Å². The largest absolute Gasteiger partial charge is 0.387 e. The number of sulfonamides is 1. The number of rotatable bonds is 4. The quantitative estimate of drug-likeness (QED) is 0.868. The molecule has 102 valence electrons. The van der Waals surface area contributed by atoms with Crippen molar-refractivity contribution >= 4 is 26.5 Å². The Morgan fingerprint density at radius 2 is 2.22 bits per heavy atom. The van der Waals surface area contributed by atoms with Gasteiger partial charge in [0.15, 0.2) is 5.13 Å². The van der Waals surface area contributed by atoms with Gasteiger partial charge in [-0.15, -0.1) is 11.3 Å². The van der Waals surface area contributed by atoms with Gasteiger partial charge in [0.1, 0.15) is 0 Å². The molecular formula is C10H16N2O4S2. The molecule has 0 bridgehead atoms. The zero-order valence-corrected chi connectivity index (χ0v) is 11.6. The molecule has 1 atom stereocenters. The van der Waals surface area contributed by atoms with Crippen LogP contribution >= 0.6 is 11.3 Å². The van der Waals surface area contributed by atoms with E-state index in [1.807, 2.05) is 0 Å². The first-order chi connectivity index (χ1) is 8.49. The second-order valence-corrected chi connectivity index (χ2v) is 7.03. The molecule has 1 aromatic heterocycles. The lowest BCUT2D eigenvalue weighted by Crippen LogP contribution is -2.33. The second kappa shape index (κ2) is 5.52. The Balaban J connectivity index is 2.06. The molecule has 6 nitrogen and oxygen atoms in total. The normalized spacial score (nSPS) is 19.7. The number of thiazole rings is 1. The predicted molar refractivity (Wildman–Crippen MR) is 69.1 cm³/mol. The number of aromatic nitrogens is 1. The summed E-state index contributed by atoms with van der Waals surface area (Å²) < 4.78 is 31.8. The van der Waals surface area contributed by atoms with E-state index >= 15 is 0 Å². The van der Waals surface area contributed by atoms with Crippen molar-refractivity contribution in [2.75, 3.05) is 17.9 Å². The molecule has 1 aromatic rings. The summed E-state index contributed by atoms with van der Waals surface area (Å²) in [5.74, 6) is 0. The van der Waals surface area contributed by atoms with E-state index in [0.717, 1.165) is 0 Å². The van der Waals surface area contributed by atoms with E-state index in [9.17, 15) is 13.5 Å². The Bertz CT molecular complexity index is 492. The smallest absolute Gasteiger partial charge is 0.237 e. The second-order valence-electron chi connectivity index (χ2n) is 4.21. The number of anilines is 1. The van der Waals surface area contributed by atoms with Gasteiger partial charge < -0.3 is 9.84 Å². The highest BCUT2D eigenvalue weighted by Crippen LogP contribution is 2.24. The van der Waals surface area contributed by atoms with Crippen LogP contribution in [-0.2, 0) is 14.8 Å². The van der Waals surface area contributed by atoms with Crippen LogP contribution in [0.1, 0.15) is 31.6 Å². The van der Waals surface area contributed by atoms with E-state index in [-0.39, 0.29) is 0 Å². The maximum atomic E-state index is 12.1. The van der Waals surface area contributed by atoms with Crippen LogP contribution in [0.5, 0.6) is 0 Å². The monoisotopic (exact) mass is 292 g/mol. The molecule has 1 fully saturated rings. The van der Waals surface area contributed by atoms with Crippen molar-refractivity contribution in [1.29, 1.82) is 0 Å². The molecule has 0 aliphatic carbocycles. The van der Waals surface area contributed by atoms with Crippen LogP contribution in [0.15, 0.2) is 5.38 Å². The molecule has 8 heteroatoms. The molecule has 2 N–H and O–H groups in total. The van der Waals surface area contributed by atoms with Gasteiger partial charge >= 0.3 is 0 Å². The Labute approximate surface area is 110 Å². The number of ether oxygens (including phenoxy) is 1. The summed E-state index contributed by atoms with van der Waals surface area (Å²) in [5, 5.41) is 10.9. The molecule has 1 saturated heterocycles. The molecule has 0 spiro atoms. The number of aliphatic hydroxyl groups excluding tert-OH is 1. The van der Waals surface area contributed by atoms with Crippen LogP contribution in [0.4, 0.5) is 5.13 Å². The minimum atomic E-state index is -3.41. The summed E-state index contributed by atoms with van der Waals surface area (Å²) in [6.07, 6.45) is 0.316. The summed E-state index contributed by atoms with van der Waals surface area (Å²) in [4.78, 5) is 4.04. The van der Waals surface area contributed by atoms with Crippen LogP contribution in [0.2, 0.25) is 0 Å². The summed E-state index contributed by atoms with van der Waals surface area (Å²) in [5.41, 5.74) is 0.477. The van der Waals surface area contributed by atoms with E-state index < -0.39 is 21.4 Å². The van der Waals surface area contributed by atoms with Crippen LogP contribution in [-0.4, -0.2) is 37.0 Å². The molecule has 1 aliphatic rings. The predicted octanol–water partition coefficient (Wildman–Crippen LogP) is 1.12. The van der Waals surface area contributed by atoms with Crippen LogP contribution in [0.25, 0.3) is 0 Å². The average Bonchev–Trinajstić information content (AvgIpc) is 2.78. The fourth-order valence-corrected chi connectivity index (χ4v) is 4.17. The number of aliphatic hydroxyl groups is 1. The molecule has 1 aliphatic heterocycles. The number of hydrogen-bond donors (Lipinski definition) is 2. The van der Waals surface area contributed by atoms with Crippen LogP contribution < -0.4 is 4.72 Å². The van der Waals surface area contributed by atoms with Gasteiger partial charge in [-0.1, -0.05) is 0 Å². The first-order valence-electron chi connectivity index (χ1n) is 5.72. The molecule has 0 amide bonds. The van der Waals surface area contributed by atoms with E-state index in [0.29, 0.717) is 36.9 Å². The summed E-state index contributed by atoms with van der Waals surface area (Å²) in [7, 11) is -3.41. The summed E-state index contributed by atoms with van der Waals surface area (Å²) in [6.45, 7) is 2.54. The van der Waals surface area contributed by atoms with Crippen molar-refractivity contribution in [3.8, 4) is 0 Å². The van der Waals surface area contributed by atoms with E-state index in [4.69, 9.17) is 4.74 Å². The third-order valence-electron chi connectivity index (χ3n) is 2.79. The Kier molecular flexibility index (Phi) is 4.21. The first-order valence-corrected chi connectivity index (χ1v) is 8.14. The third-order valence-corrected chi connectivity index (χ3v) is 5.52. The molecule has 0 aromatic carbocycles. The van der Waals surface area contributed by atoms with E-state index in [1.54, 1.807) is 12.3 Å². The molecule has 2 heterocycles. The van der Waals surface area contributed by atoms with Crippen molar-refractivity contribution in [1.82, 2.24) is 4.98 Å². The zero-order chi connectivity index (χ0) is 13.2. The lowest BCUT2D eigenvalue weighted by Gasteiger charge is -2.21. The lowest BCUT2D eigenvalue weighted by molar-refractivity contribution is 0.0984. The van der Waals surface area contributed by atoms with Gasteiger partial charge in [-0.25, -0.2) is 13.4 Å². The zero-order valence-electron chi connectivity index (χ0n) is 10.00. The van der Waals surface area contributed by atoms with Crippen LogP contribution in [0, 0.1) is 0 Å². The Hall–Kier alpha value is -0.700. The van der Waals surface area contributed by atoms with Gasteiger partial charge in [0.25, 0.3) is 0 Å². The Morgan fingerprint density at radius 1 is 1.56 bits per heavy atom. The summed E-state index contributed by atoms with van der Waals surface area (Å²) in [6, 6.07) is 0. The topological polar surface area (TPSA) is 88.5 Å². The molecule has 0 radical (unpaired) electrons. The Morgan fingerprint density at radius 3 is 2.78 bits per heavy atom. The van der Waals surface area contributed by atoms with Crippen molar-refractivity contribution in [3.63, 3.8) is 0 Å². The molecule has 2 rings (SSSR count).